The molecule has 0 fully saturated rings. The SMILES string of the molecule is CCC(N)(CO)CCCSc1ccccn1. The van der Waals surface area contributed by atoms with Gasteiger partial charge in [0.1, 0.15) is 0 Å². The van der Waals surface area contributed by atoms with Crippen LogP contribution in [0.15, 0.2) is 29.4 Å². The molecule has 0 aliphatic carbocycles. The van der Waals surface area contributed by atoms with E-state index in [0.717, 1.165) is 30.0 Å². The number of hydrogen-bond acceptors (Lipinski definition) is 4. The van der Waals surface area contributed by atoms with Crippen LogP contribution in [0.25, 0.3) is 0 Å². The molecule has 0 bridgehead atoms. The van der Waals surface area contributed by atoms with Gasteiger partial charge in [0.25, 0.3) is 0 Å². The minimum absolute atomic E-state index is 0.0672. The summed E-state index contributed by atoms with van der Waals surface area (Å²) in [4.78, 5) is 4.24. The Kier molecular flexibility index (Phi) is 5.80. The van der Waals surface area contributed by atoms with E-state index in [1.165, 1.54) is 0 Å². The molecule has 3 nitrogen and oxygen atoms in total. The molecule has 0 aliphatic rings. The lowest BCUT2D eigenvalue weighted by molar-refractivity contribution is 0.182. The second-order valence-corrected chi connectivity index (χ2v) is 5.11. The highest BCUT2D eigenvalue weighted by Crippen LogP contribution is 2.19. The molecule has 4 heteroatoms. The van der Waals surface area contributed by atoms with Crippen molar-refractivity contribution in [2.75, 3.05) is 12.4 Å². The van der Waals surface area contributed by atoms with Crippen LogP contribution in [-0.2, 0) is 0 Å². The average Bonchev–Trinajstić information content (AvgIpc) is 2.36. The van der Waals surface area contributed by atoms with Crippen LogP contribution in [0.5, 0.6) is 0 Å². The van der Waals surface area contributed by atoms with Crippen molar-refractivity contribution < 1.29 is 5.11 Å². The molecular weight excluding hydrogens is 220 g/mol. The van der Waals surface area contributed by atoms with Crippen LogP contribution in [0.2, 0.25) is 0 Å². The van der Waals surface area contributed by atoms with E-state index < -0.39 is 5.54 Å². The maximum absolute atomic E-state index is 9.16. The summed E-state index contributed by atoms with van der Waals surface area (Å²) in [6.45, 7) is 2.08. The third kappa shape index (κ3) is 4.51. The summed E-state index contributed by atoms with van der Waals surface area (Å²) in [6.07, 6.45) is 4.49. The Morgan fingerprint density at radius 1 is 1.50 bits per heavy atom. The Morgan fingerprint density at radius 2 is 2.31 bits per heavy atom. The van der Waals surface area contributed by atoms with Crippen molar-refractivity contribution in [2.45, 2.75) is 36.8 Å². The minimum atomic E-state index is -0.398. The molecule has 16 heavy (non-hydrogen) atoms. The molecule has 0 aliphatic heterocycles. The number of aliphatic hydroxyl groups excluding tert-OH is 1. The maximum atomic E-state index is 9.16. The molecule has 0 radical (unpaired) electrons. The van der Waals surface area contributed by atoms with Crippen molar-refractivity contribution in [3.05, 3.63) is 24.4 Å². The zero-order chi connectivity index (χ0) is 11.9. The molecule has 0 spiro atoms. The molecule has 0 amide bonds. The van der Waals surface area contributed by atoms with Gasteiger partial charge in [-0.25, -0.2) is 4.98 Å². The van der Waals surface area contributed by atoms with Crippen molar-refractivity contribution in [3.8, 4) is 0 Å². The monoisotopic (exact) mass is 240 g/mol. The molecule has 1 rings (SSSR count). The largest absolute Gasteiger partial charge is 0.394 e. The van der Waals surface area contributed by atoms with Gasteiger partial charge in [-0.15, -0.1) is 11.8 Å². The molecule has 1 aromatic heterocycles. The number of hydrogen-bond donors (Lipinski definition) is 2. The summed E-state index contributed by atoms with van der Waals surface area (Å²) in [5, 5.41) is 10.2. The van der Waals surface area contributed by atoms with Crippen molar-refractivity contribution in [3.63, 3.8) is 0 Å². The third-order valence-corrected chi connectivity index (χ3v) is 3.76. The van der Waals surface area contributed by atoms with Gasteiger partial charge in [0.15, 0.2) is 0 Å². The summed E-state index contributed by atoms with van der Waals surface area (Å²) in [6, 6.07) is 5.91. The molecular formula is C12H20N2OS. The average molecular weight is 240 g/mol. The quantitative estimate of drug-likeness (QED) is 0.566. The van der Waals surface area contributed by atoms with Gasteiger partial charge in [0, 0.05) is 11.7 Å². The van der Waals surface area contributed by atoms with E-state index in [1.54, 1.807) is 18.0 Å². The molecule has 1 unspecified atom stereocenters. The summed E-state index contributed by atoms with van der Waals surface area (Å²) >= 11 is 1.73. The molecule has 1 aromatic rings. The molecule has 1 atom stereocenters. The zero-order valence-corrected chi connectivity index (χ0v) is 10.5. The first kappa shape index (κ1) is 13.5. The number of nitrogens with zero attached hydrogens (tertiary/aromatic N) is 1. The lowest BCUT2D eigenvalue weighted by Crippen LogP contribution is -2.42. The minimum Gasteiger partial charge on any atom is -0.394 e. The van der Waals surface area contributed by atoms with Crippen molar-refractivity contribution in [1.82, 2.24) is 4.98 Å². The number of pyridine rings is 1. The molecule has 3 N–H and O–H groups in total. The Bertz CT molecular complexity index is 288. The van der Waals surface area contributed by atoms with Crippen LogP contribution in [0, 0.1) is 0 Å². The molecule has 90 valence electrons. The predicted molar refractivity (Wildman–Crippen MR) is 68.5 cm³/mol. The van der Waals surface area contributed by atoms with Crippen molar-refractivity contribution >= 4 is 11.8 Å². The van der Waals surface area contributed by atoms with Crippen LogP contribution in [-0.4, -0.2) is 28.0 Å². The van der Waals surface area contributed by atoms with Crippen LogP contribution in [0.1, 0.15) is 26.2 Å². The van der Waals surface area contributed by atoms with E-state index in [1.807, 2.05) is 25.1 Å². The number of rotatable bonds is 7. The highest BCUT2D eigenvalue weighted by atomic mass is 32.2. The van der Waals surface area contributed by atoms with E-state index in [9.17, 15) is 0 Å². The summed E-state index contributed by atoms with van der Waals surface area (Å²) in [7, 11) is 0. The van der Waals surface area contributed by atoms with Gasteiger partial charge in [0.2, 0.25) is 0 Å². The van der Waals surface area contributed by atoms with E-state index in [-0.39, 0.29) is 6.61 Å². The van der Waals surface area contributed by atoms with Crippen molar-refractivity contribution in [1.29, 1.82) is 0 Å². The first-order chi connectivity index (χ1) is 7.70. The molecule has 1 heterocycles. The fourth-order valence-corrected chi connectivity index (χ4v) is 2.21. The molecule has 0 saturated carbocycles. The van der Waals surface area contributed by atoms with Gasteiger partial charge >= 0.3 is 0 Å². The van der Waals surface area contributed by atoms with E-state index in [4.69, 9.17) is 10.8 Å². The highest BCUT2D eigenvalue weighted by molar-refractivity contribution is 7.99. The Balaban J connectivity index is 2.22. The lowest BCUT2D eigenvalue weighted by atomic mass is 9.93. The second kappa shape index (κ2) is 6.89. The summed E-state index contributed by atoms with van der Waals surface area (Å²) in [5.74, 6) is 0.996. The van der Waals surface area contributed by atoms with Gasteiger partial charge in [-0.2, -0.15) is 0 Å². The summed E-state index contributed by atoms with van der Waals surface area (Å²) in [5.41, 5.74) is 5.60. The van der Waals surface area contributed by atoms with Gasteiger partial charge in [0.05, 0.1) is 11.6 Å². The van der Waals surface area contributed by atoms with Gasteiger partial charge < -0.3 is 10.8 Å². The predicted octanol–water partition coefficient (Wildman–Crippen LogP) is 2.05. The van der Waals surface area contributed by atoms with E-state index in [0.29, 0.717) is 0 Å². The van der Waals surface area contributed by atoms with Crippen molar-refractivity contribution in [2.24, 2.45) is 5.73 Å². The Morgan fingerprint density at radius 3 is 2.88 bits per heavy atom. The van der Waals surface area contributed by atoms with E-state index in [2.05, 4.69) is 4.98 Å². The molecule has 0 saturated heterocycles. The van der Waals surface area contributed by atoms with Crippen LogP contribution >= 0.6 is 11.8 Å². The smallest absolute Gasteiger partial charge is 0.0959 e. The number of aromatic nitrogens is 1. The summed E-state index contributed by atoms with van der Waals surface area (Å²) < 4.78 is 0. The Labute approximate surface area is 101 Å². The maximum Gasteiger partial charge on any atom is 0.0959 e. The number of nitrogens with two attached hydrogens (primary N) is 1. The lowest BCUT2D eigenvalue weighted by Gasteiger charge is -2.25. The molecule has 0 aromatic carbocycles. The van der Waals surface area contributed by atoms with Crippen LogP contribution in [0.3, 0.4) is 0 Å². The third-order valence-electron chi connectivity index (χ3n) is 2.73. The fraction of sp³-hybridized carbons (Fsp3) is 0.583. The topological polar surface area (TPSA) is 59.1 Å². The normalized spacial score (nSPS) is 14.7. The fourth-order valence-electron chi connectivity index (χ4n) is 1.40. The van der Waals surface area contributed by atoms with Gasteiger partial charge in [-0.05, 0) is 37.1 Å². The van der Waals surface area contributed by atoms with Gasteiger partial charge in [-0.1, -0.05) is 13.0 Å². The second-order valence-electron chi connectivity index (χ2n) is 3.99. The highest BCUT2D eigenvalue weighted by Gasteiger charge is 2.20. The zero-order valence-electron chi connectivity index (χ0n) is 9.72. The van der Waals surface area contributed by atoms with Crippen LogP contribution in [0.4, 0.5) is 0 Å². The standard InChI is InChI=1S/C12H20N2OS/c1-2-12(13,10-15)7-5-9-16-11-6-3-4-8-14-11/h3-4,6,8,15H,2,5,7,9-10,13H2,1H3. The number of thioether (sulfide) groups is 1. The van der Waals surface area contributed by atoms with Crippen LogP contribution < -0.4 is 5.73 Å². The first-order valence-corrected chi connectivity index (χ1v) is 6.62. The van der Waals surface area contributed by atoms with Gasteiger partial charge in [-0.3, -0.25) is 0 Å². The first-order valence-electron chi connectivity index (χ1n) is 5.64. The Hall–Kier alpha value is -0.580. The van der Waals surface area contributed by atoms with E-state index >= 15 is 0 Å². The number of aliphatic hydroxyl groups is 1.